The summed E-state index contributed by atoms with van der Waals surface area (Å²) in [6.07, 6.45) is -1.03. The van der Waals surface area contributed by atoms with E-state index in [1.165, 1.54) is 4.31 Å². The van der Waals surface area contributed by atoms with E-state index in [0.29, 0.717) is 24.5 Å². The van der Waals surface area contributed by atoms with Gasteiger partial charge in [-0.05, 0) is 64.1 Å². The highest BCUT2D eigenvalue weighted by Gasteiger charge is 2.29. The number of nitrogens with one attached hydrogen (secondary N) is 1. The van der Waals surface area contributed by atoms with Crippen molar-refractivity contribution in [3.8, 4) is 11.5 Å². The highest BCUT2D eigenvalue weighted by molar-refractivity contribution is 7.89. The second-order valence-electron chi connectivity index (χ2n) is 8.97. The predicted molar refractivity (Wildman–Crippen MR) is 138 cm³/mol. The number of anilines is 2. The minimum Gasteiger partial charge on any atom is -0.491 e. The molecule has 2 N–H and O–H groups in total. The summed E-state index contributed by atoms with van der Waals surface area (Å²) < 4.78 is 43.8. The molecule has 0 spiro atoms. The SMILES string of the molecule is CC(C)OC(=O)Nc1ccc(N2CCN(S(=O)(=O)c3ccc(OC(C)C)cc3)CC2)cc1OCC(=O)O. The Kier molecular flexibility index (Phi) is 9.22. The zero-order valence-corrected chi connectivity index (χ0v) is 22.2. The molecule has 0 unspecified atom stereocenters. The standard InChI is InChI=1S/C25H33N3O8S/c1-17(2)35-20-6-8-21(9-7-20)37(32,33)28-13-11-27(12-14-28)19-5-10-22(26-25(31)36-18(3)4)23(15-19)34-16-24(29)30/h5-10,15,17-18H,11-14,16H2,1-4H3,(H,26,31)(H,29,30). The first-order valence-corrected chi connectivity index (χ1v) is 13.4. The van der Waals surface area contributed by atoms with E-state index in [-0.39, 0.29) is 41.6 Å². The lowest BCUT2D eigenvalue weighted by atomic mass is 10.2. The van der Waals surface area contributed by atoms with Gasteiger partial charge in [-0.2, -0.15) is 4.31 Å². The molecule has 1 aliphatic heterocycles. The van der Waals surface area contributed by atoms with Crippen molar-refractivity contribution in [1.29, 1.82) is 0 Å². The number of benzene rings is 2. The van der Waals surface area contributed by atoms with Crippen molar-refractivity contribution in [3.05, 3.63) is 42.5 Å². The van der Waals surface area contributed by atoms with Gasteiger partial charge in [0.2, 0.25) is 10.0 Å². The van der Waals surface area contributed by atoms with Crippen LogP contribution in [0, 0.1) is 0 Å². The van der Waals surface area contributed by atoms with Gasteiger partial charge in [-0.15, -0.1) is 0 Å². The summed E-state index contributed by atoms with van der Waals surface area (Å²) in [7, 11) is -3.67. The van der Waals surface area contributed by atoms with Crippen molar-refractivity contribution in [2.75, 3.05) is 43.0 Å². The Bertz CT molecular complexity index is 1190. The number of nitrogens with zero attached hydrogens (tertiary/aromatic N) is 2. The Balaban J connectivity index is 1.70. The molecular weight excluding hydrogens is 502 g/mol. The van der Waals surface area contributed by atoms with Gasteiger partial charge in [-0.25, -0.2) is 18.0 Å². The maximum Gasteiger partial charge on any atom is 0.411 e. The molecule has 0 aliphatic carbocycles. The largest absolute Gasteiger partial charge is 0.491 e. The summed E-state index contributed by atoms with van der Waals surface area (Å²) in [4.78, 5) is 25.2. The number of hydrogen-bond donors (Lipinski definition) is 2. The third-order valence-electron chi connectivity index (χ3n) is 5.33. The lowest BCUT2D eigenvalue weighted by Crippen LogP contribution is -2.48. The summed E-state index contributed by atoms with van der Waals surface area (Å²) in [6, 6.07) is 11.3. The van der Waals surface area contributed by atoms with Crippen LogP contribution in [0.2, 0.25) is 0 Å². The maximum atomic E-state index is 13.1. The smallest absolute Gasteiger partial charge is 0.411 e. The lowest BCUT2D eigenvalue weighted by Gasteiger charge is -2.35. The third kappa shape index (κ3) is 7.73. The van der Waals surface area contributed by atoms with E-state index in [0.717, 1.165) is 0 Å². The second-order valence-corrected chi connectivity index (χ2v) is 10.9. The molecule has 1 saturated heterocycles. The molecule has 0 radical (unpaired) electrons. The van der Waals surface area contributed by atoms with Gasteiger partial charge in [-0.3, -0.25) is 5.32 Å². The Hall–Kier alpha value is -3.51. The molecule has 1 fully saturated rings. The van der Waals surface area contributed by atoms with Gasteiger partial charge in [0, 0.05) is 37.9 Å². The zero-order chi connectivity index (χ0) is 27.2. The minimum atomic E-state index is -3.67. The first kappa shape index (κ1) is 28.1. The van der Waals surface area contributed by atoms with Crippen LogP contribution in [0.1, 0.15) is 27.7 Å². The molecule has 12 heteroatoms. The highest BCUT2D eigenvalue weighted by atomic mass is 32.2. The van der Waals surface area contributed by atoms with Crippen molar-refractivity contribution >= 4 is 33.5 Å². The number of hydrogen-bond acceptors (Lipinski definition) is 8. The van der Waals surface area contributed by atoms with E-state index >= 15 is 0 Å². The fourth-order valence-electron chi connectivity index (χ4n) is 3.72. The molecule has 11 nitrogen and oxygen atoms in total. The lowest BCUT2D eigenvalue weighted by molar-refractivity contribution is -0.139. The number of carboxylic acid groups (broad SMARTS) is 1. The average Bonchev–Trinajstić information content (AvgIpc) is 2.83. The maximum absolute atomic E-state index is 13.1. The molecule has 2 aromatic rings. The minimum absolute atomic E-state index is 0.00992. The summed E-state index contributed by atoms with van der Waals surface area (Å²) >= 11 is 0. The van der Waals surface area contributed by atoms with Gasteiger partial charge in [0.05, 0.1) is 22.8 Å². The summed E-state index contributed by atoms with van der Waals surface area (Å²) in [5, 5.41) is 11.6. The van der Waals surface area contributed by atoms with Gasteiger partial charge in [0.1, 0.15) is 11.5 Å². The summed E-state index contributed by atoms with van der Waals surface area (Å²) in [5.74, 6) is -0.391. The van der Waals surface area contributed by atoms with Crippen LogP contribution in [-0.2, 0) is 19.6 Å². The summed E-state index contributed by atoms with van der Waals surface area (Å²) in [5.41, 5.74) is 0.970. The molecule has 0 atom stereocenters. The van der Waals surface area contributed by atoms with E-state index in [1.807, 2.05) is 18.7 Å². The van der Waals surface area contributed by atoms with Crippen LogP contribution in [-0.4, -0.2) is 74.9 Å². The van der Waals surface area contributed by atoms with Gasteiger partial charge in [-0.1, -0.05) is 0 Å². The number of sulfonamides is 1. The van der Waals surface area contributed by atoms with E-state index in [4.69, 9.17) is 19.3 Å². The van der Waals surface area contributed by atoms with Crippen molar-refractivity contribution in [2.45, 2.75) is 44.8 Å². The molecule has 1 aliphatic rings. The average molecular weight is 536 g/mol. The molecule has 0 saturated carbocycles. The molecule has 3 rings (SSSR count). The topological polar surface area (TPSA) is 135 Å². The van der Waals surface area contributed by atoms with Crippen LogP contribution in [0.25, 0.3) is 0 Å². The number of ether oxygens (including phenoxy) is 3. The van der Waals surface area contributed by atoms with Crippen molar-refractivity contribution in [1.82, 2.24) is 4.31 Å². The second kappa shape index (κ2) is 12.2. The van der Waals surface area contributed by atoms with Gasteiger partial charge in [0.15, 0.2) is 6.61 Å². The molecule has 37 heavy (non-hydrogen) atoms. The predicted octanol–water partition coefficient (Wildman–Crippen LogP) is 3.41. The van der Waals surface area contributed by atoms with Crippen LogP contribution in [0.15, 0.2) is 47.4 Å². The van der Waals surface area contributed by atoms with E-state index in [2.05, 4.69) is 5.32 Å². The van der Waals surface area contributed by atoms with Gasteiger partial charge < -0.3 is 24.2 Å². The molecule has 2 aromatic carbocycles. The van der Waals surface area contributed by atoms with E-state index in [1.54, 1.807) is 56.3 Å². The van der Waals surface area contributed by atoms with Gasteiger partial charge in [0.25, 0.3) is 0 Å². The highest BCUT2D eigenvalue weighted by Crippen LogP contribution is 2.31. The number of carbonyl (C=O) groups excluding carboxylic acids is 1. The summed E-state index contributed by atoms with van der Waals surface area (Å²) in [6.45, 7) is 7.97. The first-order chi connectivity index (χ1) is 17.5. The monoisotopic (exact) mass is 535 g/mol. The Morgan fingerprint density at radius 3 is 2.19 bits per heavy atom. The normalized spacial score (nSPS) is 14.5. The number of rotatable bonds is 10. The van der Waals surface area contributed by atoms with Crippen LogP contribution in [0.4, 0.5) is 16.2 Å². The molecule has 0 aromatic heterocycles. The Labute approximate surface area is 217 Å². The fourth-order valence-corrected chi connectivity index (χ4v) is 5.14. The fraction of sp³-hybridized carbons (Fsp3) is 0.440. The molecule has 1 amide bonds. The van der Waals surface area contributed by atoms with Gasteiger partial charge >= 0.3 is 12.1 Å². The number of carbonyl (C=O) groups is 2. The molecule has 1 heterocycles. The molecular formula is C25H33N3O8S. The van der Waals surface area contributed by atoms with Crippen molar-refractivity contribution < 1.29 is 37.3 Å². The zero-order valence-electron chi connectivity index (χ0n) is 21.3. The number of carboxylic acids is 1. The van der Waals surface area contributed by atoms with Crippen LogP contribution in [0.3, 0.4) is 0 Å². The van der Waals surface area contributed by atoms with E-state index in [9.17, 15) is 18.0 Å². The van der Waals surface area contributed by atoms with Crippen molar-refractivity contribution in [2.24, 2.45) is 0 Å². The third-order valence-corrected chi connectivity index (χ3v) is 7.25. The molecule has 202 valence electrons. The molecule has 0 bridgehead atoms. The van der Waals surface area contributed by atoms with Crippen LogP contribution in [0.5, 0.6) is 11.5 Å². The first-order valence-electron chi connectivity index (χ1n) is 11.9. The van der Waals surface area contributed by atoms with Crippen LogP contribution >= 0.6 is 0 Å². The van der Waals surface area contributed by atoms with Crippen LogP contribution < -0.4 is 19.7 Å². The Morgan fingerprint density at radius 1 is 0.973 bits per heavy atom. The van der Waals surface area contributed by atoms with Crippen molar-refractivity contribution in [3.63, 3.8) is 0 Å². The van der Waals surface area contributed by atoms with E-state index < -0.39 is 28.7 Å². The number of piperazine rings is 1. The number of amides is 1. The number of aliphatic carboxylic acids is 1. The quantitative estimate of drug-likeness (QED) is 0.469. The Morgan fingerprint density at radius 2 is 1.62 bits per heavy atom.